The van der Waals surface area contributed by atoms with Crippen LogP contribution in [0.4, 0.5) is 0 Å². The van der Waals surface area contributed by atoms with E-state index in [4.69, 9.17) is 4.74 Å². The molecule has 1 N–H and O–H groups in total. The Labute approximate surface area is 116 Å². The molecule has 0 aromatic heterocycles. The SMILES string of the molecule is COc1c(C)cc(C(O)C2CCCC2(C)C)cc1C. The van der Waals surface area contributed by atoms with Gasteiger partial charge in [0.05, 0.1) is 13.2 Å². The highest BCUT2D eigenvalue weighted by Crippen LogP contribution is 2.49. The molecule has 2 unspecified atom stereocenters. The summed E-state index contributed by atoms with van der Waals surface area (Å²) in [5, 5.41) is 10.7. The maximum absolute atomic E-state index is 10.7. The molecule has 1 aliphatic carbocycles. The van der Waals surface area contributed by atoms with Crippen molar-refractivity contribution < 1.29 is 9.84 Å². The van der Waals surface area contributed by atoms with Gasteiger partial charge in [-0.3, -0.25) is 0 Å². The zero-order chi connectivity index (χ0) is 14.2. The van der Waals surface area contributed by atoms with Gasteiger partial charge in [0, 0.05) is 0 Å². The Hall–Kier alpha value is -1.02. The van der Waals surface area contributed by atoms with Gasteiger partial charge in [-0.1, -0.05) is 20.3 Å². The molecule has 2 atom stereocenters. The summed E-state index contributed by atoms with van der Waals surface area (Å²) < 4.78 is 5.40. The van der Waals surface area contributed by atoms with Crippen LogP contribution >= 0.6 is 0 Å². The number of aryl methyl sites for hydroxylation is 2. The maximum Gasteiger partial charge on any atom is 0.124 e. The third-order valence-corrected chi connectivity index (χ3v) is 4.75. The Kier molecular flexibility index (Phi) is 3.91. The zero-order valence-electron chi connectivity index (χ0n) is 12.8. The molecule has 2 heteroatoms. The van der Waals surface area contributed by atoms with Gasteiger partial charge < -0.3 is 9.84 Å². The number of rotatable bonds is 3. The van der Waals surface area contributed by atoms with Crippen LogP contribution in [0.5, 0.6) is 5.75 Å². The Morgan fingerprint density at radius 2 is 1.84 bits per heavy atom. The average Bonchev–Trinajstić information content (AvgIpc) is 2.67. The smallest absolute Gasteiger partial charge is 0.124 e. The van der Waals surface area contributed by atoms with Crippen molar-refractivity contribution in [1.29, 1.82) is 0 Å². The number of aliphatic hydroxyl groups is 1. The van der Waals surface area contributed by atoms with Gasteiger partial charge in [-0.05, 0) is 66.8 Å². The summed E-state index contributed by atoms with van der Waals surface area (Å²) in [6.45, 7) is 8.64. The van der Waals surface area contributed by atoms with Gasteiger partial charge in [-0.2, -0.15) is 0 Å². The number of ether oxygens (including phenoxy) is 1. The Morgan fingerprint density at radius 3 is 2.26 bits per heavy atom. The molecular weight excluding hydrogens is 236 g/mol. The van der Waals surface area contributed by atoms with Crippen LogP contribution in [0.1, 0.15) is 55.9 Å². The molecule has 1 saturated carbocycles. The minimum Gasteiger partial charge on any atom is -0.496 e. The first-order valence-electron chi connectivity index (χ1n) is 7.20. The fraction of sp³-hybridized carbons (Fsp3) is 0.647. The largest absolute Gasteiger partial charge is 0.496 e. The molecule has 2 nitrogen and oxygen atoms in total. The molecule has 0 amide bonds. The summed E-state index contributed by atoms with van der Waals surface area (Å²) in [6.07, 6.45) is 3.20. The van der Waals surface area contributed by atoms with Gasteiger partial charge >= 0.3 is 0 Å². The molecule has 1 aromatic rings. The molecule has 1 fully saturated rings. The minimum atomic E-state index is -0.360. The summed E-state index contributed by atoms with van der Waals surface area (Å²) in [6, 6.07) is 4.15. The molecule has 0 saturated heterocycles. The van der Waals surface area contributed by atoms with Crippen molar-refractivity contribution in [3.8, 4) is 5.75 Å². The molecule has 106 valence electrons. The molecular formula is C17H26O2. The number of aliphatic hydroxyl groups excluding tert-OH is 1. The third kappa shape index (κ3) is 2.64. The van der Waals surface area contributed by atoms with Crippen LogP contribution in [0.2, 0.25) is 0 Å². The summed E-state index contributed by atoms with van der Waals surface area (Å²) in [5.41, 5.74) is 3.48. The molecule has 19 heavy (non-hydrogen) atoms. The van der Waals surface area contributed by atoms with Crippen molar-refractivity contribution in [2.45, 2.75) is 53.1 Å². The molecule has 1 aliphatic rings. The average molecular weight is 262 g/mol. The first-order chi connectivity index (χ1) is 8.86. The molecule has 0 bridgehead atoms. The summed E-state index contributed by atoms with van der Waals surface area (Å²) in [5.74, 6) is 1.29. The van der Waals surface area contributed by atoms with E-state index >= 15 is 0 Å². The summed E-state index contributed by atoms with van der Waals surface area (Å²) in [4.78, 5) is 0. The molecule has 2 rings (SSSR count). The lowest BCUT2D eigenvalue weighted by molar-refractivity contribution is 0.0530. The van der Waals surface area contributed by atoms with Crippen LogP contribution in [-0.2, 0) is 0 Å². The van der Waals surface area contributed by atoms with E-state index < -0.39 is 0 Å². The van der Waals surface area contributed by atoms with Crippen molar-refractivity contribution in [2.24, 2.45) is 11.3 Å². The molecule has 0 heterocycles. The second-order valence-corrected chi connectivity index (χ2v) is 6.62. The first-order valence-corrected chi connectivity index (χ1v) is 7.20. The Bertz CT molecular complexity index is 439. The van der Waals surface area contributed by atoms with Crippen molar-refractivity contribution in [2.75, 3.05) is 7.11 Å². The van der Waals surface area contributed by atoms with Crippen LogP contribution < -0.4 is 4.74 Å². The normalized spacial score (nSPS) is 23.4. The monoisotopic (exact) mass is 262 g/mol. The number of hydrogen-bond acceptors (Lipinski definition) is 2. The highest BCUT2D eigenvalue weighted by atomic mass is 16.5. The number of benzene rings is 1. The second kappa shape index (κ2) is 5.16. The summed E-state index contributed by atoms with van der Waals surface area (Å²) >= 11 is 0. The van der Waals surface area contributed by atoms with Crippen LogP contribution in [0.15, 0.2) is 12.1 Å². The van der Waals surface area contributed by atoms with Gasteiger partial charge in [0.15, 0.2) is 0 Å². The van der Waals surface area contributed by atoms with E-state index in [9.17, 15) is 5.11 Å². The predicted molar refractivity (Wildman–Crippen MR) is 78.5 cm³/mol. The van der Waals surface area contributed by atoms with E-state index in [2.05, 4.69) is 26.0 Å². The Morgan fingerprint density at radius 1 is 1.26 bits per heavy atom. The zero-order valence-corrected chi connectivity index (χ0v) is 12.8. The molecule has 0 spiro atoms. The molecule has 0 radical (unpaired) electrons. The lowest BCUT2D eigenvalue weighted by Gasteiger charge is -2.31. The van der Waals surface area contributed by atoms with E-state index in [0.29, 0.717) is 5.92 Å². The van der Waals surface area contributed by atoms with Crippen LogP contribution in [-0.4, -0.2) is 12.2 Å². The van der Waals surface area contributed by atoms with Gasteiger partial charge in [0.2, 0.25) is 0 Å². The summed E-state index contributed by atoms with van der Waals surface area (Å²) in [7, 11) is 1.70. The second-order valence-electron chi connectivity index (χ2n) is 6.62. The fourth-order valence-corrected chi connectivity index (χ4v) is 3.65. The first kappa shape index (κ1) is 14.4. The third-order valence-electron chi connectivity index (χ3n) is 4.75. The highest BCUT2D eigenvalue weighted by Gasteiger charge is 2.39. The van der Waals surface area contributed by atoms with E-state index in [-0.39, 0.29) is 11.5 Å². The van der Waals surface area contributed by atoms with Crippen molar-refractivity contribution in [3.05, 3.63) is 28.8 Å². The number of methoxy groups -OCH3 is 1. The lowest BCUT2D eigenvalue weighted by Crippen LogP contribution is -2.24. The van der Waals surface area contributed by atoms with E-state index in [1.165, 1.54) is 12.8 Å². The maximum atomic E-state index is 10.7. The fourth-order valence-electron chi connectivity index (χ4n) is 3.65. The minimum absolute atomic E-state index is 0.237. The van der Waals surface area contributed by atoms with E-state index in [1.54, 1.807) is 7.11 Å². The van der Waals surface area contributed by atoms with Crippen LogP contribution in [0.3, 0.4) is 0 Å². The lowest BCUT2D eigenvalue weighted by atomic mass is 9.76. The van der Waals surface area contributed by atoms with Crippen molar-refractivity contribution >= 4 is 0 Å². The molecule has 0 aliphatic heterocycles. The van der Waals surface area contributed by atoms with Crippen molar-refractivity contribution in [1.82, 2.24) is 0 Å². The number of hydrogen-bond donors (Lipinski definition) is 1. The topological polar surface area (TPSA) is 29.5 Å². The van der Waals surface area contributed by atoms with Gasteiger partial charge in [0.25, 0.3) is 0 Å². The molecule has 1 aromatic carbocycles. The van der Waals surface area contributed by atoms with Crippen LogP contribution in [0, 0.1) is 25.2 Å². The van der Waals surface area contributed by atoms with Gasteiger partial charge in [-0.25, -0.2) is 0 Å². The Balaban J connectivity index is 2.32. The van der Waals surface area contributed by atoms with Gasteiger partial charge in [-0.15, -0.1) is 0 Å². The highest BCUT2D eigenvalue weighted by molar-refractivity contribution is 5.44. The van der Waals surface area contributed by atoms with Gasteiger partial charge in [0.1, 0.15) is 5.75 Å². The van der Waals surface area contributed by atoms with Crippen molar-refractivity contribution in [3.63, 3.8) is 0 Å². The van der Waals surface area contributed by atoms with E-state index in [1.807, 2.05) is 13.8 Å². The quantitative estimate of drug-likeness (QED) is 0.885. The predicted octanol–water partition coefficient (Wildman–Crippen LogP) is 4.17. The standard InChI is InChI=1S/C17H26O2/c1-11-9-13(10-12(2)16(11)19-5)15(18)14-7-6-8-17(14,3)4/h9-10,14-15,18H,6-8H2,1-5H3. The van der Waals surface area contributed by atoms with Crippen LogP contribution in [0.25, 0.3) is 0 Å². The van der Waals surface area contributed by atoms with E-state index in [0.717, 1.165) is 28.9 Å².